The number of fused-ring (bicyclic) bond motifs is 1. The van der Waals surface area contributed by atoms with Gasteiger partial charge >= 0.3 is 0 Å². The number of para-hydroxylation sites is 1. The summed E-state index contributed by atoms with van der Waals surface area (Å²) >= 11 is 0. The maximum Gasteiger partial charge on any atom is 0.220 e. The monoisotopic (exact) mass is 379 g/mol. The zero-order valence-electron chi connectivity index (χ0n) is 15.1. The lowest BCUT2D eigenvalue weighted by molar-refractivity contribution is -0.106. The average molecular weight is 379 g/mol. The Labute approximate surface area is 159 Å². The fourth-order valence-corrected chi connectivity index (χ4v) is 3.13. The Morgan fingerprint density at radius 3 is 2.46 bits per heavy atom. The van der Waals surface area contributed by atoms with Crippen LogP contribution >= 0.6 is 0 Å². The molecule has 0 radical (unpaired) electrons. The molecule has 0 atom stereocenters. The molecule has 4 rings (SSSR count). The van der Waals surface area contributed by atoms with Crippen molar-refractivity contribution in [2.75, 3.05) is 4.90 Å². The minimum absolute atomic E-state index is 0.108. The Kier molecular flexibility index (Phi) is 4.35. The zero-order chi connectivity index (χ0) is 19.8. The summed E-state index contributed by atoms with van der Waals surface area (Å²) in [5, 5.41) is 0. The number of carbonyl (C=O) groups is 1. The molecule has 2 heterocycles. The van der Waals surface area contributed by atoms with Crippen LogP contribution in [0.1, 0.15) is 11.5 Å². The summed E-state index contributed by atoms with van der Waals surface area (Å²) < 4.78 is 33.7. The summed E-state index contributed by atoms with van der Waals surface area (Å²) in [6.07, 6.45) is 1.88. The van der Waals surface area contributed by atoms with Gasteiger partial charge in [-0.1, -0.05) is 6.07 Å². The van der Waals surface area contributed by atoms with Crippen molar-refractivity contribution in [1.29, 1.82) is 0 Å². The third-order valence-electron chi connectivity index (χ3n) is 4.43. The molecule has 7 heteroatoms. The summed E-state index contributed by atoms with van der Waals surface area (Å²) in [7, 11) is 0. The van der Waals surface area contributed by atoms with Crippen LogP contribution in [0.2, 0.25) is 0 Å². The molecule has 0 bridgehead atoms. The number of anilines is 2. The van der Waals surface area contributed by atoms with E-state index in [4.69, 9.17) is 4.42 Å². The lowest BCUT2D eigenvalue weighted by atomic mass is 10.0. The highest BCUT2D eigenvalue weighted by Crippen LogP contribution is 2.31. The molecule has 0 aliphatic heterocycles. The van der Waals surface area contributed by atoms with Gasteiger partial charge in [0.1, 0.15) is 28.7 Å². The molecule has 0 N–H and O–H groups in total. The second-order valence-corrected chi connectivity index (χ2v) is 6.32. The molecule has 0 aliphatic rings. The molecule has 2 aromatic heterocycles. The third kappa shape index (κ3) is 3.00. The molecule has 140 valence electrons. The normalized spacial score (nSPS) is 11.0. The van der Waals surface area contributed by atoms with Crippen molar-refractivity contribution in [3.05, 3.63) is 71.8 Å². The van der Waals surface area contributed by atoms with E-state index in [9.17, 15) is 13.6 Å². The molecular formula is C21H15F2N3O2. The standard InChI is InChI=1S/C21H15F2N3O2/c1-12-8-18-19(28-13(2)25-18)9-15(12)14-6-7-20(24-10-14)26(11-27)21-16(22)4-3-5-17(21)23/h3-11H,1-2H3. The van der Waals surface area contributed by atoms with E-state index >= 15 is 0 Å². The molecule has 5 nitrogen and oxygen atoms in total. The Morgan fingerprint density at radius 2 is 1.82 bits per heavy atom. The van der Waals surface area contributed by atoms with Gasteiger partial charge in [-0.3, -0.25) is 9.69 Å². The molecule has 0 saturated carbocycles. The van der Waals surface area contributed by atoms with Crippen molar-refractivity contribution in [1.82, 2.24) is 9.97 Å². The van der Waals surface area contributed by atoms with Gasteiger partial charge in [0, 0.05) is 18.7 Å². The van der Waals surface area contributed by atoms with Crippen LogP contribution in [-0.4, -0.2) is 16.4 Å². The molecule has 0 fully saturated rings. The lowest BCUT2D eigenvalue weighted by Gasteiger charge is -2.18. The van der Waals surface area contributed by atoms with Gasteiger partial charge in [-0.05, 0) is 54.4 Å². The zero-order valence-corrected chi connectivity index (χ0v) is 15.1. The van der Waals surface area contributed by atoms with Gasteiger partial charge < -0.3 is 4.42 Å². The summed E-state index contributed by atoms with van der Waals surface area (Å²) in [5.74, 6) is -1.01. The van der Waals surface area contributed by atoms with E-state index in [0.717, 1.165) is 39.2 Å². The number of oxazole rings is 1. The lowest BCUT2D eigenvalue weighted by Crippen LogP contribution is -2.18. The van der Waals surface area contributed by atoms with E-state index in [0.29, 0.717) is 17.9 Å². The van der Waals surface area contributed by atoms with Crippen molar-refractivity contribution >= 4 is 29.0 Å². The molecule has 0 aliphatic carbocycles. The largest absolute Gasteiger partial charge is 0.441 e. The van der Waals surface area contributed by atoms with Crippen LogP contribution in [0.25, 0.3) is 22.2 Å². The van der Waals surface area contributed by atoms with E-state index in [1.54, 1.807) is 19.2 Å². The highest BCUT2D eigenvalue weighted by molar-refractivity contribution is 5.86. The van der Waals surface area contributed by atoms with Crippen LogP contribution in [0.5, 0.6) is 0 Å². The minimum atomic E-state index is -0.847. The van der Waals surface area contributed by atoms with Gasteiger partial charge in [0.25, 0.3) is 0 Å². The predicted molar refractivity (Wildman–Crippen MR) is 101 cm³/mol. The van der Waals surface area contributed by atoms with Gasteiger partial charge in [-0.15, -0.1) is 0 Å². The molecule has 28 heavy (non-hydrogen) atoms. The molecule has 2 aromatic carbocycles. The highest BCUT2D eigenvalue weighted by atomic mass is 19.1. The third-order valence-corrected chi connectivity index (χ3v) is 4.43. The number of pyridine rings is 1. The number of halogens is 2. The first-order chi connectivity index (χ1) is 13.5. The van der Waals surface area contributed by atoms with Crippen molar-refractivity contribution < 1.29 is 18.0 Å². The Hall–Kier alpha value is -3.61. The van der Waals surface area contributed by atoms with Crippen molar-refractivity contribution in [3.8, 4) is 11.1 Å². The van der Waals surface area contributed by atoms with Gasteiger partial charge in [0.05, 0.1) is 0 Å². The molecular weight excluding hydrogens is 364 g/mol. The smallest absolute Gasteiger partial charge is 0.220 e. The predicted octanol–water partition coefficient (Wildman–Crippen LogP) is 5.08. The van der Waals surface area contributed by atoms with E-state index in [-0.39, 0.29) is 5.82 Å². The Balaban J connectivity index is 1.74. The average Bonchev–Trinajstić information content (AvgIpc) is 3.03. The topological polar surface area (TPSA) is 59.2 Å². The number of hydrogen-bond donors (Lipinski definition) is 0. The van der Waals surface area contributed by atoms with E-state index < -0.39 is 17.3 Å². The number of aryl methyl sites for hydroxylation is 2. The quantitative estimate of drug-likeness (QED) is 0.464. The Morgan fingerprint density at radius 1 is 1.07 bits per heavy atom. The summed E-state index contributed by atoms with van der Waals surface area (Å²) in [6, 6.07) is 10.5. The first-order valence-electron chi connectivity index (χ1n) is 8.50. The Bertz CT molecular complexity index is 1170. The fourth-order valence-electron chi connectivity index (χ4n) is 3.13. The van der Waals surface area contributed by atoms with E-state index in [1.165, 1.54) is 12.1 Å². The number of rotatable bonds is 4. The summed E-state index contributed by atoms with van der Waals surface area (Å²) in [6.45, 7) is 3.72. The van der Waals surface area contributed by atoms with Gasteiger partial charge in [0.2, 0.25) is 6.41 Å². The molecule has 1 amide bonds. The summed E-state index contributed by atoms with van der Waals surface area (Å²) in [5.41, 5.74) is 3.60. The molecule has 0 saturated heterocycles. The van der Waals surface area contributed by atoms with E-state index in [1.807, 2.05) is 19.1 Å². The van der Waals surface area contributed by atoms with Crippen LogP contribution in [-0.2, 0) is 4.79 Å². The van der Waals surface area contributed by atoms with Crippen molar-refractivity contribution in [2.45, 2.75) is 13.8 Å². The van der Waals surface area contributed by atoms with Crippen LogP contribution in [0.4, 0.5) is 20.3 Å². The van der Waals surface area contributed by atoms with Crippen LogP contribution < -0.4 is 4.90 Å². The molecule has 4 aromatic rings. The SMILES string of the molecule is Cc1nc2cc(C)c(-c3ccc(N(C=O)c4c(F)cccc4F)nc3)cc2o1. The number of carbonyl (C=O) groups excluding carboxylic acids is 1. The number of hydrogen-bond acceptors (Lipinski definition) is 4. The van der Waals surface area contributed by atoms with Gasteiger partial charge in [-0.25, -0.2) is 18.7 Å². The van der Waals surface area contributed by atoms with Crippen LogP contribution in [0.3, 0.4) is 0 Å². The maximum atomic E-state index is 14.0. The number of aromatic nitrogens is 2. The molecule has 0 unspecified atom stereocenters. The van der Waals surface area contributed by atoms with Crippen LogP contribution in [0, 0.1) is 25.5 Å². The van der Waals surface area contributed by atoms with Gasteiger partial charge in [-0.2, -0.15) is 0 Å². The summed E-state index contributed by atoms with van der Waals surface area (Å²) in [4.78, 5) is 20.9. The number of nitrogens with zero attached hydrogens (tertiary/aromatic N) is 3. The van der Waals surface area contributed by atoms with Gasteiger partial charge in [0.15, 0.2) is 11.5 Å². The maximum absolute atomic E-state index is 14.0. The minimum Gasteiger partial charge on any atom is -0.441 e. The van der Waals surface area contributed by atoms with Crippen molar-refractivity contribution in [3.63, 3.8) is 0 Å². The second kappa shape index (κ2) is 6.84. The van der Waals surface area contributed by atoms with Crippen LogP contribution in [0.15, 0.2) is 53.1 Å². The second-order valence-electron chi connectivity index (χ2n) is 6.32. The van der Waals surface area contributed by atoms with E-state index in [2.05, 4.69) is 9.97 Å². The molecule has 0 spiro atoms. The number of benzene rings is 2. The highest BCUT2D eigenvalue weighted by Gasteiger charge is 2.19. The van der Waals surface area contributed by atoms with Crippen molar-refractivity contribution in [2.24, 2.45) is 0 Å². The number of amides is 1. The first kappa shape index (κ1) is 17.8. The first-order valence-corrected chi connectivity index (χ1v) is 8.50. The fraction of sp³-hybridized carbons (Fsp3) is 0.0952.